The number of carbonyl (C=O) groups excluding carboxylic acids is 4. The van der Waals surface area contributed by atoms with Crippen LogP contribution in [0.1, 0.15) is 27.7 Å². The number of ether oxygens (including phenoxy) is 2. The lowest BCUT2D eigenvalue weighted by Gasteiger charge is -2.53. The van der Waals surface area contributed by atoms with E-state index in [4.69, 9.17) is 9.47 Å². The second-order valence-corrected chi connectivity index (χ2v) is 9.85. The van der Waals surface area contributed by atoms with E-state index in [0.29, 0.717) is 0 Å². The van der Waals surface area contributed by atoms with E-state index in [9.17, 15) is 19.2 Å². The summed E-state index contributed by atoms with van der Waals surface area (Å²) in [6.07, 6.45) is 0. The van der Waals surface area contributed by atoms with Crippen molar-refractivity contribution in [2.45, 2.75) is 50.3 Å². The highest BCUT2D eigenvalue weighted by Gasteiger charge is 2.81. The third-order valence-corrected chi connectivity index (χ3v) is 9.29. The van der Waals surface area contributed by atoms with E-state index >= 15 is 0 Å². The van der Waals surface area contributed by atoms with Crippen molar-refractivity contribution in [2.24, 2.45) is 0 Å². The summed E-state index contributed by atoms with van der Waals surface area (Å²) in [4.78, 5) is 66.8. The Morgan fingerprint density at radius 2 is 0.688 bits per heavy atom. The summed E-state index contributed by atoms with van der Waals surface area (Å²) in [5.41, 5.74) is -4.27. The van der Waals surface area contributed by atoms with Crippen molar-refractivity contribution in [3.8, 4) is 0 Å². The van der Waals surface area contributed by atoms with Crippen molar-refractivity contribution in [1.82, 2.24) is 39.2 Å². The Balaban J connectivity index is 1.47. The molecule has 0 saturated carbocycles. The van der Waals surface area contributed by atoms with Gasteiger partial charge in [-0.05, 0) is 27.7 Å². The molecule has 7 aliphatic rings. The van der Waals surface area contributed by atoms with Gasteiger partial charge in [0.15, 0.2) is 22.7 Å². The molecule has 0 spiro atoms. The maximum absolute atomic E-state index is 13.6. The van der Waals surface area contributed by atoms with Crippen molar-refractivity contribution < 1.29 is 28.7 Å². The number of urea groups is 4. The zero-order chi connectivity index (χ0) is 22.6. The van der Waals surface area contributed by atoms with E-state index in [-0.39, 0.29) is 64.4 Å². The van der Waals surface area contributed by atoms with E-state index in [0.717, 1.165) is 0 Å². The van der Waals surface area contributed by atoms with Crippen molar-refractivity contribution >= 4 is 24.1 Å². The standard InChI is InChI=1S/C18H24N8O6/c1-15-17(3)23-7-31-8-24(17)12(28)20(15)6-22-14(30)26-10-32-9-25-13(29)21(5-19(15)11(23)27)16(22,2)18(25,26)4/h5-10H2,1-4H3/t15-,16+,17+,18-. The van der Waals surface area contributed by atoms with Crippen LogP contribution in [-0.2, 0) is 9.47 Å². The van der Waals surface area contributed by atoms with Crippen LogP contribution >= 0.6 is 0 Å². The first kappa shape index (κ1) is 18.6. The molecule has 0 atom stereocenters. The first-order chi connectivity index (χ1) is 15.1. The second-order valence-electron chi connectivity index (χ2n) is 9.85. The Morgan fingerprint density at radius 1 is 0.469 bits per heavy atom. The first-order valence-corrected chi connectivity index (χ1v) is 10.6. The molecule has 7 saturated heterocycles. The van der Waals surface area contributed by atoms with Crippen LogP contribution in [0.3, 0.4) is 0 Å². The largest absolute Gasteiger partial charge is 0.340 e. The van der Waals surface area contributed by atoms with Crippen molar-refractivity contribution in [3.05, 3.63) is 0 Å². The van der Waals surface area contributed by atoms with E-state index in [1.807, 2.05) is 27.7 Å². The minimum atomic E-state index is -1.12. The molecule has 7 fully saturated rings. The lowest BCUT2D eigenvalue weighted by atomic mass is 9.93. The lowest BCUT2D eigenvalue weighted by molar-refractivity contribution is -0.177. The van der Waals surface area contributed by atoms with Gasteiger partial charge in [0.1, 0.15) is 40.3 Å². The van der Waals surface area contributed by atoms with Crippen molar-refractivity contribution in [3.63, 3.8) is 0 Å². The minimum absolute atomic E-state index is 0.0400. The summed E-state index contributed by atoms with van der Waals surface area (Å²) in [5.74, 6) is 0. The zero-order valence-electron chi connectivity index (χ0n) is 18.3. The number of amides is 8. The van der Waals surface area contributed by atoms with Gasteiger partial charge < -0.3 is 9.47 Å². The average molecular weight is 448 g/mol. The molecule has 0 N–H and O–H groups in total. The number of rotatable bonds is 0. The third kappa shape index (κ3) is 1.38. The van der Waals surface area contributed by atoms with Crippen LogP contribution in [0.25, 0.3) is 0 Å². The van der Waals surface area contributed by atoms with Crippen LogP contribution in [0, 0.1) is 0 Å². The Kier molecular flexibility index (Phi) is 2.80. The molecule has 0 aliphatic carbocycles. The molecule has 7 heterocycles. The Labute approximate surface area is 183 Å². The monoisotopic (exact) mass is 448 g/mol. The predicted octanol–water partition coefficient (Wildman–Crippen LogP) is -0.379. The molecule has 14 nitrogen and oxygen atoms in total. The van der Waals surface area contributed by atoms with Gasteiger partial charge in [-0.2, -0.15) is 0 Å². The van der Waals surface area contributed by atoms with Crippen LogP contribution in [0.2, 0.25) is 0 Å². The highest BCUT2D eigenvalue weighted by molar-refractivity contribution is 5.92. The summed E-state index contributed by atoms with van der Waals surface area (Å²) in [6.45, 7) is 7.31. The van der Waals surface area contributed by atoms with Gasteiger partial charge in [0.2, 0.25) is 0 Å². The molecule has 0 radical (unpaired) electrons. The van der Waals surface area contributed by atoms with Crippen LogP contribution in [0.4, 0.5) is 19.2 Å². The van der Waals surface area contributed by atoms with Gasteiger partial charge in [0.25, 0.3) is 0 Å². The van der Waals surface area contributed by atoms with Gasteiger partial charge in [-0.15, -0.1) is 0 Å². The topological polar surface area (TPSA) is 113 Å². The van der Waals surface area contributed by atoms with E-state index in [1.165, 1.54) is 19.6 Å². The van der Waals surface area contributed by atoms with Crippen molar-refractivity contribution in [2.75, 3.05) is 40.3 Å². The van der Waals surface area contributed by atoms with E-state index in [1.54, 1.807) is 19.6 Å². The van der Waals surface area contributed by atoms with Crippen molar-refractivity contribution in [1.29, 1.82) is 0 Å². The summed E-state index contributed by atoms with van der Waals surface area (Å²) in [5, 5.41) is 0. The van der Waals surface area contributed by atoms with Crippen LogP contribution in [0.15, 0.2) is 0 Å². The van der Waals surface area contributed by atoms with Gasteiger partial charge >= 0.3 is 24.1 Å². The molecule has 32 heavy (non-hydrogen) atoms. The molecule has 7 aliphatic heterocycles. The van der Waals surface area contributed by atoms with Gasteiger partial charge in [0.05, 0.1) is 0 Å². The van der Waals surface area contributed by atoms with Gasteiger partial charge in [-0.25, -0.2) is 19.2 Å². The molecule has 0 aromatic rings. The lowest BCUT2D eigenvalue weighted by Crippen LogP contribution is -2.73. The smallest absolute Gasteiger partial charge is 0.327 e. The average Bonchev–Trinajstić information content (AvgIpc) is 3.18. The summed E-state index contributed by atoms with van der Waals surface area (Å²) in [7, 11) is 0. The molecule has 14 heteroatoms. The number of hydrogen-bond donors (Lipinski definition) is 0. The van der Waals surface area contributed by atoms with E-state index in [2.05, 4.69) is 0 Å². The highest BCUT2D eigenvalue weighted by atomic mass is 16.5. The minimum Gasteiger partial charge on any atom is -0.340 e. The normalized spacial score (nSPS) is 44.1. The highest BCUT2D eigenvalue weighted by Crippen LogP contribution is 2.58. The number of carbonyl (C=O) groups is 4. The van der Waals surface area contributed by atoms with E-state index < -0.39 is 22.7 Å². The molecular formula is C18H24N8O6. The molecule has 0 aromatic carbocycles. The van der Waals surface area contributed by atoms with Gasteiger partial charge in [-0.3, -0.25) is 39.2 Å². The quantitative estimate of drug-likeness (QED) is 0.499. The predicted molar refractivity (Wildman–Crippen MR) is 101 cm³/mol. The molecule has 0 aromatic heterocycles. The zero-order valence-corrected chi connectivity index (χ0v) is 18.3. The van der Waals surface area contributed by atoms with Crippen LogP contribution in [0.5, 0.6) is 0 Å². The third-order valence-electron chi connectivity index (χ3n) is 9.29. The summed E-state index contributed by atoms with van der Waals surface area (Å²) >= 11 is 0. The fourth-order valence-corrected chi connectivity index (χ4v) is 6.95. The fourth-order valence-electron chi connectivity index (χ4n) is 6.95. The Hall–Kier alpha value is -3.00. The maximum atomic E-state index is 13.6. The SMILES string of the molecule is C[C@]12N3COCN1C(=O)N1CN4C(=O)N5COCN6C(=O)N(CN(C3=O)[C@]12C)[C@]4(C)[C@@]56C. The number of hydrogen-bond acceptors (Lipinski definition) is 6. The number of nitrogens with zero attached hydrogens (tertiary/aromatic N) is 8. The van der Waals surface area contributed by atoms with Crippen LogP contribution < -0.4 is 0 Å². The molecule has 172 valence electrons. The molecule has 0 bridgehead atoms. The molecule has 7 rings (SSSR count). The summed E-state index contributed by atoms with van der Waals surface area (Å²) in [6, 6.07) is -1.30. The molecule has 8 amide bonds. The summed E-state index contributed by atoms with van der Waals surface area (Å²) < 4.78 is 11.1. The Morgan fingerprint density at radius 3 is 0.938 bits per heavy atom. The molecular weight excluding hydrogens is 424 g/mol. The maximum Gasteiger partial charge on any atom is 0.327 e. The van der Waals surface area contributed by atoms with Gasteiger partial charge in [-0.1, -0.05) is 0 Å². The first-order valence-electron chi connectivity index (χ1n) is 10.6. The second kappa shape index (κ2) is 4.83. The van der Waals surface area contributed by atoms with Crippen LogP contribution in [-0.4, -0.2) is 126 Å². The van der Waals surface area contributed by atoms with Gasteiger partial charge in [0, 0.05) is 0 Å². The fraction of sp³-hybridized carbons (Fsp3) is 0.778. The molecule has 0 unspecified atom stereocenters. The Bertz CT molecular complexity index is 893.